The van der Waals surface area contributed by atoms with Gasteiger partial charge in [-0.1, -0.05) is 23.7 Å². The van der Waals surface area contributed by atoms with Crippen LogP contribution in [0.1, 0.15) is 53.9 Å². The number of carbonyl (C=O) groups is 3. The third-order valence-corrected chi connectivity index (χ3v) is 6.10. The number of aliphatic carboxylic acids is 3. The second kappa shape index (κ2) is 6.88. The molecule has 1 atom stereocenters. The Morgan fingerprint density at radius 3 is 2.14 bits per heavy atom. The summed E-state index contributed by atoms with van der Waals surface area (Å²) < 4.78 is 1.83. The molecule has 0 amide bonds. The summed E-state index contributed by atoms with van der Waals surface area (Å²) in [5.41, 5.74) is -1.06. The molecule has 1 saturated carbocycles. The summed E-state index contributed by atoms with van der Waals surface area (Å²) in [6.45, 7) is 0.344. The molecule has 0 radical (unpaired) electrons. The molecule has 9 heteroatoms. The minimum atomic E-state index is -2.95. The van der Waals surface area contributed by atoms with Crippen molar-refractivity contribution in [3.05, 3.63) is 52.1 Å². The second-order valence-electron chi connectivity index (χ2n) is 7.60. The van der Waals surface area contributed by atoms with Gasteiger partial charge in [0.1, 0.15) is 5.82 Å². The number of nitrogens with zero attached hydrogens (tertiary/aromatic N) is 2. The first-order valence-electron chi connectivity index (χ1n) is 9.30. The highest BCUT2D eigenvalue weighted by molar-refractivity contribution is 6.30. The number of imidazole rings is 1. The molecule has 4 rings (SSSR count). The van der Waals surface area contributed by atoms with E-state index in [4.69, 9.17) is 11.6 Å². The van der Waals surface area contributed by atoms with Crippen LogP contribution in [-0.4, -0.2) is 42.8 Å². The molecule has 3 N–H and O–H groups in total. The number of aromatic nitrogens is 2. The Morgan fingerprint density at radius 1 is 1.03 bits per heavy atom. The van der Waals surface area contributed by atoms with Gasteiger partial charge in [0.05, 0.1) is 5.69 Å². The van der Waals surface area contributed by atoms with Gasteiger partial charge >= 0.3 is 17.9 Å². The van der Waals surface area contributed by atoms with Crippen molar-refractivity contribution < 1.29 is 29.7 Å². The Labute approximate surface area is 170 Å². The molecule has 0 saturated heterocycles. The molecule has 2 aliphatic rings. The number of rotatable bonds is 7. The topological polar surface area (TPSA) is 130 Å². The highest BCUT2D eigenvalue weighted by Gasteiger charge is 2.63. The van der Waals surface area contributed by atoms with Crippen LogP contribution in [0.5, 0.6) is 0 Å². The Bertz CT molecular complexity index is 973. The molecule has 1 aromatic heterocycles. The lowest BCUT2D eigenvalue weighted by Crippen LogP contribution is -2.51. The van der Waals surface area contributed by atoms with E-state index in [2.05, 4.69) is 4.98 Å². The highest BCUT2D eigenvalue weighted by atomic mass is 35.5. The van der Waals surface area contributed by atoms with Gasteiger partial charge in [0.15, 0.2) is 0 Å². The SMILES string of the molecule is O=C(O)C(C(=O)O)(C(=O)O)C1CCc2nc(C3CC3)n(Cc3ccc(Cl)cc3)c21. The molecule has 8 nitrogen and oxygen atoms in total. The van der Waals surface area contributed by atoms with E-state index in [-0.39, 0.29) is 12.3 Å². The normalized spacial score (nSPS) is 18.4. The first-order valence-corrected chi connectivity index (χ1v) is 9.68. The number of benzene rings is 1. The third-order valence-electron chi connectivity index (χ3n) is 5.84. The van der Waals surface area contributed by atoms with Crippen LogP contribution in [0.2, 0.25) is 5.02 Å². The summed E-state index contributed by atoms with van der Waals surface area (Å²) in [5.74, 6) is -5.84. The predicted octanol–water partition coefficient (Wildman–Crippen LogP) is 2.73. The molecular weight excluding hydrogens is 400 g/mol. The summed E-state index contributed by atoms with van der Waals surface area (Å²) in [6, 6.07) is 7.12. The van der Waals surface area contributed by atoms with Gasteiger partial charge in [-0.3, -0.25) is 14.4 Å². The third kappa shape index (κ3) is 2.98. The van der Waals surface area contributed by atoms with E-state index in [0.717, 1.165) is 24.2 Å². The number of fused-ring (bicyclic) bond motifs is 1. The lowest BCUT2D eigenvalue weighted by molar-refractivity contribution is -0.177. The first-order chi connectivity index (χ1) is 13.8. The monoisotopic (exact) mass is 418 g/mol. The zero-order chi connectivity index (χ0) is 20.9. The number of halogens is 1. The minimum absolute atomic E-state index is 0.105. The zero-order valence-corrected chi connectivity index (χ0v) is 16.1. The molecule has 0 spiro atoms. The summed E-state index contributed by atoms with van der Waals surface area (Å²) >= 11 is 5.95. The van der Waals surface area contributed by atoms with Gasteiger partial charge in [0.2, 0.25) is 0 Å². The number of hydrogen-bond donors (Lipinski definition) is 3. The van der Waals surface area contributed by atoms with Crippen LogP contribution < -0.4 is 0 Å². The summed E-state index contributed by atoms with van der Waals surface area (Å²) in [4.78, 5) is 40.5. The van der Waals surface area contributed by atoms with Crippen LogP contribution >= 0.6 is 11.6 Å². The quantitative estimate of drug-likeness (QED) is 0.589. The van der Waals surface area contributed by atoms with Crippen molar-refractivity contribution >= 4 is 29.5 Å². The maximum Gasteiger partial charge on any atom is 0.333 e. The van der Waals surface area contributed by atoms with Gasteiger partial charge in [-0.25, -0.2) is 4.98 Å². The number of carboxylic acids is 3. The van der Waals surface area contributed by atoms with Gasteiger partial charge in [0, 0.05) is 29.1 Å². The Kier molecular flexibility index (Phi) is 4.61. The smallest absolute Gasteiger partial charge is 0.333 e. The average Bonchev–Trinajstić information content (AvgIpc) is 3.32. The van der Waals surface area contributed by atoms with Crippen LogP contribution in [0.25, 0.3) is 0 Å². The molecule has 1 fully saturated rings. The fourth-order valence-electron chi connectivity index (χ4n) is 4.26. The molecule has 0 bridgehead atoms. The van der Waals surface area contributed by atoms with Crippen molar-refractivity contribution in [1.82, 2.24) is 9.55 Å². The standard InChI is InChI=1S/C20H19ClN2O6/c21-12-5-1-10(2-6-12)9-23-15-13(20(17(24)25,18(26)27)19(28)29)7-8-14(15)22-16(23)11-3-4-11/h1-2,5-6,11,13H,3-4,7-9H2,(H,24,25)(H,26,27)(H,28,29). The van der Waals surface area contributed by atoms with Crippen LogP contribution in [0.3, 0.4) is 0 Å². The number of aryl methyl sites for hydroxylation is 1. The van der Waals surface area contributed by atoms with Crippen molar-refractivity contribution in [3.63, 3.8) is 0 Å². The minimum Gasteiger partial charge on any atom is -0.480 e. The van der Waals surface area contributed by atoms with Gasteiger partial charge in [-0.15, -0.1) is 0 Å². The van der Waals surface area contributed by atoms with Crippen LogP contribution in [-0.2, 0) is 27.3 Å². The Morgan fingerprint density at radius 2 is 1.62 bits per heavy atom. The lowest BCUT2D eigenvalue weighted by atomic mass is 9.73. The van der Waals surface area contributed by atoms with E-state index < -0.39 is 29.2 Å². The molecule has 1 heterocycles. The van der Waals surface area contributed by atoms with Gasteiger partial charge in [0.25, 0.3) is 5.41 Å². The predicted molar refractivity (Wildman–Crippen MR) is 101 cm³/mol. The van der Waals surface area contributed by atoms with Crippen LogP contribution in [0.15, 0.2) is 24.3 Å². The van der Waals surface area contributed by atoms with Crippen LogP contribution in [0, 0.1) is 5.41 Å². The van der Waals surface area contributed by atoms with Crippen molar-refractivity contribution in [2.45, 2.75) is 44.1 Å². The van der Waals surface area contributed by atoms with E-state index in [9.17, 15) is 29.7 Å². The van der Waals surface area contributed by atoms with E-state index >= 15 is 0 Å². The van der Waals surface area contributed by atoms with E-state index in [1.165, 1.54) is 0 Å². The van der Waals surface area contributed by atoms with Crippen molar-refractivity contribution in [2.75, 3.05) is 0 Å². The maximum atomic E-state index is 12.0. The fourth-order valence-corrected chi connectivity index (χ4v) is 4.39. The second-order valence-corrected chi connectivity index (χ2v) is 8.04. The molecular formula is C20H19ClN2O6. The number of hydrogen-bond acceptors (Lipinski definition) is 4. The highest BCUT2D eigenvalue weighted by Crippen LogP contribution is 2.49. The zero-order valence-electron chi connectivity index (χ0n) is 15.3. The summed E-state index contributed by atoms with van der Waals surface area (Å²) in [5, 5.41) is 29.6. The average molecular weight is 419 g/mol. The Balaban J connectivity index is 1.86. The van der Waals surface area contributed by atoms with Crippen molar-refractivity contribution in [2.24, 2.45) is 5.41 Å². The summed E-state index contributed by atoms with van der Waals surface area (Å²) in [6.07, 6.45) is 2.35. The lowest BCUT2D eigenvalue weighted by Gasteiger charge is -2.28. The van der Waals surface area contributed by atoms with Crippen molar-refractivity contribution in [1.29, 1.82) is 0 Å². The molecule has 0 aliphatic heterocycles. The fraction of sp³-hybridized carbons (Fsp3) is 0.400. The molecule has 2 aromatic rings. The van der Waals surface area contributed by atoms with E-state index in [0.29, 0.717) is 29.4 Å². The molecule has 152 valence electrons. The largest absolute Gasteiger partial charge is 0.480 e. The molecule has 1 unspecified atom stereocenters. The summed E-state index contributed by atoms with van der Waals surface area (Å²) in [7, 11) is 0. The van der Waals surface area contributed by atoms with E-state index in [1.54, 1.807) is 12.1 Å². The van der Waals surface area contributed by atoms with Gasteiger partial charge in [-0.05, 0) is 43.4 Å². The van der Waals surface area contributed by atoms with Gasteiger partial charge < -0.3 is 19.9 Å². The van der Waals surface area contributed by atoms with Crippen LogP contribution in [0.4, 0.5) is 0 Å². The first kappa shape index (κ1) is 19.4. The van der Waals surface area contributed by atoms with E-state index in [1.807, 2.05) is 16.7 Å². The van der Waals surface area contributed by atoms with Gasteiger partial charge in [-0.2, -0.15) is 0 Å². The maximum absolute atomic E-state index is 12.0. The Hall–Kier alpha value is -2.87. The molecule has 2 aliphatic carbocycles. The molecule has 29 heavy (non-hydrogen) atoms. The number of carboxylic acid groups (broad SMARTS) is 3. The molecule has 1 aromatic carbocycles. The van der Waals surface area contributed by atoms with Crippen molar-refractivity contribution in [3.8, 4) is 0 Å².